The molecule has 192 valence electrons. The van der Waals surface area contributed by atoms with Crippen LogP contribution in [0.1, 0.15) is 72.1 Å². The molecule has 0 atom stereocenters. The van der Waals surface area contributed by atoms with Crippen LogP contribution in [0.4, 0.5) is 26.0 Å². The van der Waals surface area contributed by atoms with E-state index < -0.39 is 5.92 Å². The summed E-state index contributed by atoms with van der Waals surface area (Å²) in [4.78, 5) is 22.8. The van der Waals surface area contributed by atoms with Gasteiger partial charge in [-0.1, -0.05) is 15.9 Å². The van der Waals surface area contributed by atoms with Crippen molar-refractivity contribution in [1.29, 1.82) is 0 Å². The van der Waals surface area contributed by atoms with E-state index in [2.05, 4.69) is 37.2 Å². The molecule has 6 rings (SSSR count). The van der Waals surface area contributed by atoms with Gasteiger partial charge in [0.15, 0.2) is 0 Å². The minimum atomic E-state index is -2.61. The van der Waals surface area contributed by atoms with E-state index in [0.717, 1.165) is 59.3 Å². The Kier molecular flexibility index (Phi) is 6.01. The number of alkyl halides is 2. The van der Waals surface area contributed by atoms with E-state index in [1.165, 1.54) is 31.2 Å². The molecule has 1 saturated carbocycles. The van der Waals surface area contributed by atoms with Crippen LogP contribution >= 0.6 is 15.9 Å². The molecule has 1 spiro atoms. The molecule has 1 aromatic heterocycles. The molecule has 1 aromatic carbocycles. The average Bonchev–Trinajstić information content (AvgIpc) is 3.39. The Hall–Kier alpha value is -2.22. The number of aryl methyl sites for hydroxylation is 1. The van der Waals surface area contributed by atoms with Crippen molar-refractivity contribution in [3.63, 3.8) is 0 Å². The number of pyridine rings is 1. The molecule has 8 heteroatoms. The summed E-state index contributed by atoms with van der Waals surface area (Å²) in [6, 6.07) is 5.84. The highest BCUT2D eigenvalue weighted by molar-refractivity contribution is 9.10. The van der Waals surface area contributed by atoms with E-state index in [4.69, 9.17) is 0 Å². The number of fused-ring (bicyclic) bond motifs is 1. The van der Waals surface area contributed by atoms with Gasteiger partial charge in [0.2, 0.25) is 0 Å². The Labute approximate surface area is 219 Å². The molecule has 0 radical (unpaired) electrons. The van der Waals surface area contributed by atoms with Crippen molar-refractivity contribution in [1.82, 2.24) is 4.98 Å². The zero-order valence-electron chi connectivity index (χ0n) is 20.8. The number of nitrogens with one attached hydrogen (secondary N) is 1. The van der Waals surface area contributed by atoms with Gasteiger partial charge in [-0.25, -0.2) is 13.8 Å². The maximum Gasteiger partial charge on any atom is 0.258 e. The van der Waals surface area contributed by atoms with Crippen LogP contribution in [0.5, 0.6) is 0 Å². The van der Waals surface area contributed by atoms with Gasteiger partial charge in [0, 0.05) is 60.9 Å². The summed E-state index contributed by atoms with van der Waals surface area (Å²) in [5.74, 6) is -2.06. The first-order valence-corrected chi connectivity index (χ1v) is 14.0. The highest BCUT2D eigenvalue weighted by Crippen LogP contribution is 2.54. The third-order valence-electron chi connectivity index (χ3n) is 8.69. The monoisotopic (exact) mass is 558 g/mol. The quantitative estimate of drug-likeness (QED) is 0.464. The molecule has 1 amide bonds. The van der Waals surface area contributed by atoms with Gasteiger partial charge in [-0.3, -0.25) is 4.79 Å². The number of rotatable bonds is 4. The normalized spacial score (nSPS) is 22.0. The van der Waals surface area contributed by atoms with Crippen molar-refractivity contribution < 1.29 is 13.6 Å². The van der Waals surface area contributed by atoms with Crippen LogP contribution in [-0.4, -0.2) is 43.0 Å². The Morgan fingerprint density at radius 2 is 1.61 bits per heavy atom. The van der Waals surface area contributed by atoms with Gasteiger partial charge in [-0.15, -0.1) is 0 Å². The summed E-state index contributed by atoms with van der Waals surface area (Å²) in [5.41, 5.74) is 6.22. The number of carbonyl (C=O) groups excluding carboxylic acids is 1. The number of hydrogen-bond donors (Lipinski definition) is 1. The fraction of sp³-hybridized carbons (Fsp3) is 0.571. The predicted octanol–water partition coefficient (Wildman–Crippen LogP) is 6.51. The Morgan fingerprint density at radius 1 is 0.944 bits per heavy atom. The van der Waals surface area contributed by atoms with E-state index in [1.807, 2.05) is 24.0 Å². The van der Waals surface area contributed by atoms with Crippen LogP contribution < -0.4 is 15.1 Å². The van der Waals surface area contributed by atoms with E-state index in [0.29, 0.717) is 16.9 Å². The van der Waals surface area contributed by atoms with Crippen molar-refractivity contribution in [3.05, 3.63) is 45.1 Å². The van der Waals surface area contributed by atoms with Crippen LogP contribution in [0.25, 0.3) is 0 Å². The average molecular weight is 559 g/mol. The molecule has 2 aliphatic carbocycles. The predicted molar refractivity (Wildman–Crippen MR) is 143 cm³/mol. The third-order valence-corrected chi connectivity index (χ3v) is 9.40. The second kappa shape index (κ2) is 8.96. The molecule has 36 heavy (non-hydrogen) atoms. The van der Waals surface area contributed by atoms with E-state index in [9.17, 15) is 13.6 Å². The molecular weight excluding hydrogens is 526 g/mol. The summed E-state index contributed by atoms with van der Waals surface area (Å²) in [6.45, 7) is 4.38. The highest BCUT2D eigenvalue weighted by Gasteiger charge is 2.45. The lowest BCUT2D eigenvalue weighted by molar-refractivity contribution is -0.0221. The topological polar surface area (TPSA) is 48.5 Å². The van der Waals surface area contributed by atoms with E-state index in [-0.39, 0.29) is 31.8 Å². The summed E-state index contributed by atoms with van der Waals surface area (Å²) >= 11 is 3.80. The van der Waals surface area contributed by atoms with Gasteiger partial charge in [-0.2, -0.15) is 0 Å². The zero-order valence-corrected chi connectivity index (χ0v) is 22.4. The van der Waals surface area contributed by atoms with Crippen LogP contribution in [0.2, 0.25) is 0 Å². The molecule has 3 fully saturated rings. The van der Waals surface area contributed by atoms with Crippen molar-refractivity contribution in [2.24, 2.45) is 5.41 Å². The Morgan fingerprint density at radius 3 is 2.31 bits per heavy atom. The van der Waals surface area contributed by atoms with Gasteiger partial charge in [-0.05, 0) is 80.5 Å². The first-order valence-electron chi connectivity index (χ1n) is 13.2. The first kappa shape index (κ1) is 24.1. The van der Waals surface area contributed by atoms with Crippen molar-refractivity contribution in [2.75, 3.05) is 41.3 Å². The van der Waals surface area contributed by atoms with E-state index >= 15 is 0 Å². The molecule has 0 bridgehead atoms. The van der Waals surface area contributed by atoms with Gasteiger partial charge < -0.3 is 15.1 Å². The standard InChI is InChI=1S/C28H33BrF2N4O/c1-18-15-19(16-24(32-18)35-13-9-28(30,31)10-14-35)33-26(36)25-21-4-2-3-20(21)22(29)17-23(25)34-11-7-27(5-6-27)8-12-34/h15-17H,2-14H2,1H3,(H,32,33,36). The van der Waals surface area contributed by atoms with Crippen LogP contribution in [0, 0.1) is 12.3 Å². The minimum Gasteiger partial charge on any atom is -0.371 e. The maximum absolute atomic E-state index is 13.9. The maximum atomic E-state index is 13.9. The largest absolute Gasteiger partial charge is 0.371 e. The van der Waals surface area contributed by atoms with Crippen LogP contribution in [0.15, 0.2) is 22.7 Å². The smallest absolute Gasteiger partial charge is 0.258 e. The minimum absolute atomic E-state index is 0.0934. The van der Waals surface area contributed by atoms with Gasteiger partial charge >= 0.3 is 0 Å². The molecule has 2 saturated heterocycles. The van der Waals surface area contributed by atoms with Crippen molar-refractivity contribution >= 4 is 39.0 Å². The zero-order chi connectivity index (χ0) is 25.1. The fourth-order valence-electron chi connectivity index (χ4n) is 6.26. The van der Waals surface area contributed by atoms with Gasteiger partial charge in [0.25, 0.3) is 11.8 Å². The number of aromatic nitrogens is 1. The number of amides is 1. The van der Waals surface area contributed by atoms with Crippen LogP contribution in [-0.2, 0) is 12.8 Å². The number of anilines is 3. The number of nitrogens with zero attached hydrogens (tertiary/aromatic N) is 3. The second-order valence-corrected chi connectivity index (χ2v) is 12.1. The lowest BCUT2D eigenvalue weighted by Gasteiger charge is -2.35. The molecule has 1 N–H and O–H groups in total. The lowest BCUT2D eigenvalue weighted by Crippen LogP contribution is -2.39. The van der Waals surface area contributed by atoms with Crippen molar-refractivity contribution in [2.45, 2.75) is 70.6 Å². The van der Waals surface area contributed by atoms with E-state index in [1.54, 1.807) is 0 Å². The number of hydrogen-bond acceptors (Lipinski definition) is 4. The molecular formula is C28H33BrF2N4O. The molecule has 4 aliphatic rings. The summed E-state index contributed by atoms with van der Waals surface area (Å²) < 4.78 is 28.5. The number of benzene rings is 1. The summed E-state index contributed by atoms with van der Waals surface area (Å²) in [7, 11) is 0. The molecule has 2 aromatic rings. The first-order chi connectivity index (χ1) is 17.2. The molecule has 0 unspecified atom stereocenters. The molecule has 2 aliphatic heterocycles. The number of carbonyl (C=O) groups is 1. The Balaban J connectivity index is 1.29. The fourth-order valence-corrected chi connectivity index (χ4v) is 6.91. The SMILES string of the molecule is Cc1cc(NC(=O)c2c(N3CCC4(CC3)CC4)cc(Br)c3c2CCC3)cc(N2CCC(F)(F)CC2)n1. The molecule has 3 heterocycles. The van der Waals surface area contributed by atoms with Gasteiger partial charge in [0.05, 0.1) is 11.3 Å². The van der Waals surface area contributed by atoms with Crippen LogP contribution in [0.3, 0.4) is 0 Å². The second-order valence-electron chi connectivity index (χ2n) is 11.2. The number of halogens is 3. The highest BCUT2D eigenvalue weighted by atomic mass is 79.9. The summed E-state index contributed by atoms with van der Waals surface area (Å²) in [5, 5.41) is 3.16. The third kappa shape index (κ3) is 4.61. The summed E-state index contributed by atoms with van der Waals surface area (Å²) in [6.07, 6.45) is 7.70. The Bertz CT molecular complexity index is 1190. The number of piperidine rings is 2. The molecule has 5 nitrogen and oxygen atoms in total. The lowest BCUT2D eigenvalue weighted by atomic mass is 9.92. The van der Waals surface area contributed by atoms with Gasteiger partial charge in [0.1, 0.15) is 5.82 Å². The van der Waals surface area contributed by atoms with Crippen molar-refractivity contribution in [3.8, 4) is 0 Å².